The second-order valence-corrected chi connectivity index (χ2v) is 5.99. The summed E-state index contributed by atoms with van der Waals surface area (Å²) in [5, 5.41) is 19.7. The number of benzene rings is 1. The molecule has 0 radical (unpaired) electrons. The molecule has 0 aromatic heterocycles. The van der Waals surface area contributed by atoms with E-state index in [4.69, 9.17) is 0 Å². The van der Waals surface area contributed by atoms with E-state index in [-0.39, 0.29) is 5.92 Å². The quantitative estimate of drug-likeness (QED) is 0.769. The molecule has 1 aromatic rings. The van der Waals surface area contributed by atoms with E-state index in [1.165, 1.54) is 5.57 Å². The van der Waals surface area contributed by atoms with Gasteiger partial charge in [0, 0.05) is 5.92 Å². The summed E-state index contributed by atoms with van der Waals surface area (Å²) in [5.41, 5.74) is 4.39. The molecule has 0 saturated carbocycles. The van der Waals surface area contributed by atoms with E-state index in [9.17, 15) is 10.5 Å². The molecule has 3 aliphatic rings. The Bertz CT molecular complexity index is 853. The largest absolute Gasteiger partial charge is 0.197 e. The average Bonchev–Trinajstić information content (AvgIpc) is 2.94. The van der Waals surface area contributed by atoms with Crippen molar-refractivity contribution in [3.8, 4) is 12.1 Å². The predicted octanol–water partition coefficient (Wildman–Crippen LogP) is 4.33. The van der Waals surface area contributed by atoms with Gasteiger partial charge in [0.2, 0.25) is 0 Å². The van der Waals surface area contributed by atoms with E-state index in [0.29, 0.717) is 5.57 Å². The highest BCUT2D eigenvalue weighted by atomic mass is 14.6. The van der Waals surface area contributed by atoms with Gasteiger partial charge in [-0.15, -0.1) is 0 Å². The lowest BCUT2D eigenvalue weighted by atomic mass is 9.63. The van der Waals surface area contributed by atoms with Crippen molar-refractivity contribution in [3.05, 3.63) is 82.5 Å². The lowest BCUT2D eigenvalue weighted by Gasteiger charge is -2.34. The van der Waals surface area contributed by atoms with Gasteiger partial charge >= 0.3 is 0 Å². The molecule has 0 N–H and O–H groups in total. The summed E-state index contributed by atoms with van der Waals surface area (Å²) in [6.07, 6.45) is 9.79. The van der Waals surface area contributed by atoms with Crippen molar-refractivity contribution in [2.24, 2.45) is 5.41 Å². The molecule has 3 aliphatic carbocycles. The van der Waals surface area contributed by atoms with Crippen LogP contribution in [0.15, 0.2) is 76.9 Å². The van der Waals surface area contributed by atoms with Crippen LogP contribution in [0, 0.1) is 28.1 Å². The molecule has 1 aromatic carbocycles. The van der Waals surface area contributed by atoms with Gasteiger partial charge in [0.25, 0.3) is 0 Å². The first-order valence-corrected chi connectivity index (χ1v) is 7.49. The van der Waals surface area contributed by atoms with Crippen LogP contribution in [0.4, 0.5) is 0 Å². The molecule has 0 amide bonds. The molecule has 0 fully saturated rings. The van der Waals surface area contributed by atoms with Crippen LogP contribution in [0.3, 0.4) is 0 Å². The Hall–Kier alpha value is -2.84. The van der Waals surface area contributed by atoms with E-state index >= 15 is 0 Å². The number of nitrogens with zero attached hydrogens (tertiary/aromatic N) is 2. The summed E-state index contributed by atoms with van der Waals surface area (Å²) in [7, 11) is 0. The predicted molar refractivity (Wildman–Crippen MR) is 84.4 cm³/mol. The van der Waals surface area contributed by atoms with Gasteiger partial charge in [-0.1, -0.05) is 54.1 Å². The second-order valence-electron chi connectivity index (χ2n) is 5.99. The minimum atomic E-state index is -0.819. The highest BCUT2D eigenvalue weighted by Gasteiger charge is 2.54. The Labute approximate surface area is 130 Å². The Kier molecular flexibility index (Phi) is 2.68. The number of nitriles is 2. The number of rotatable bonds is 1. The van der Waals surface area contributed by atoms with Gasteiger partial charge < -0.3 is 0 Å². The third kappa shape index (κ3) is 1.47. The first-order chi connectivity index (χ1) is 10.8. The summed E-state index contributed by atoms with van der Waals surface area (Å²) >= 11 is 0. The van der Waals surface area contributed by atoms with Gasteiger partial charge in [0.1, 0.15) is 5.41 Å². The van der Waals surface area contributed by atoms with E-state index < -0.39 is 5.41 Å². The van der Waals surface area contributed by atoms with Crippen LogP contribution in [-0.4, -0.2) is 0 Å². The van der Waals surface area contributed by atoms with E-state index in [1.54, 1.807) is 0 Å². The topological polar surface area (TPSA) is 47.6 Å². The average molecular weight is 282 g/mol. The summed E-state index contributed by atoms with van der Waals surface area (Å²) in [4.78, 5) is 0. The normalized spacial score (nSPS) is 28.4. The van der Waals surface area contributed by atoms with Crippen LogP contribution >= 0.6 is 0 Å². The van der Waals surface area contributed by atoms with Crippen LogP contribution in [0.5, 0.6) is 0 Å². The zero-order chi connectivity index (χ0) is 15.2. The second kappa shape index (κ2) is 4.58. The van der Waals surface area contributed by atoms with Gasteiger partial charge in [-0.3, -0.25) is 0 Å². The highest BCUT2D eigenvalue weighted by Crippen LogP contribution is 2.61. The maximum atomic E-state index is 10.1. The Morgan fingerprint density at radius 3 is 2.64 bits per heavy atom. The maximum absolute atomic E-state index is 10.1. The highest BCUT2D eigenvalue weighted by molar-refractivity contribution is 5.68. The number of hydrogen-bond donors (Lipinski definition) is 0. The number of allylic oxidation sites excluding steroid dienone is 8. The smallest absolute Gasteiger partial charge is 0.125 e. The first kappa shape index (κ1) is 12.9. The third-order valence-electron chi connectivity index (χ3n) is 5.02. The van der Waals surface area contributed by atoms with Gasteiger partial charge in [-0.05, 0) is 35.6 Å². The Morgan fingerprint density at radius 1 is 1.09 bits per heavy atom. The minimum absolute atomic E-state index is 0.0261. The van der Waals surface area contributed by atoms with Crippen molar-refractivity contribution >= 4 is 0 Å². The van der Waals surface area contributed by atoms with Crippen molar-refractivity contribution in [2.75, 3.05) is 0 Å². The van der Waals surface area contributed by atoms with Gasteiger partial charge in [-0.2, -0.15) is 10.5 Å². The zero-order valence-electron chi connectivity index (χ0n) is 12.1. The van der Waals surface area contributed by atoms with Crippen molar-refractivity contribution in [1.29, 1.82) is 10.5 Å². The molecule has 22 heavy (non-hydrogen) atoms. The fourth-order valence-electron chi connectivity index (χ4n) is 4.12. The molecule has 0 saturated heterocycles. The molecule has 0 aliphatic heterocycles. The third-order valence-corrected chi connectivity index (χ3v) is 5.02. The Balaban J connectivity index is 1.98. The van der Waals surface area contributed by atoms with Gasteiger partial charge in [-0.25, -0.2) is 0 Å². The van der Waals surface area contributed by atoms with Gasteiger partial charge in [0.15, 0.2) is 0 Å². The molecule has 104 valence electrons. The molecule has 0 spiro atoms. The molecular formula is C20H14N2. The summed E-state index contributed by atoms with van der Waals surface area (Å²) in [6.45, 7) is 0. The van der Waals surface area contributed by atoms with Crippen molar-refractivity contribution < 1.29 is 0 Å². The molecule has 0 heterocycles. The molecule has 4 rings (SSSR count). The summed E-state index contributed by atoms with van der Waals surface area (Å²) in [6, 6.07) is 15.0. The van der Waals surface area contributed by atoms with Crippen molar-refractivity contribution in [3.63, 3.8) is 0 Å². The van der Waals surface area contributed by atoms with E-state index in [2.05, 4.69) is 36.4 Å². The fourth-order valence-corrected chi connectivity index (χ4v) is 4.12. The fraction of sp³-hybridized carbons (Fsp3) is 0.200. The molecule has 2 atom stereocenters. The van der Waals surface area contributed by atoms with E-state index in [0.717, 1.165) is 29.6 Å². The van der Waals surface area contributed by atoms with Gasteiger partial charge in [0.05, 0.1) is 17.7 Å². The molecule has 2 heteroatoms. The SMILES string of the molecule is N#CC1=CC=C2C=CCC3=C2[C@@]1(C#N)C(c1ccccc1)C3. The van der Waals surface area contributed by atoms with Crippen LogP contribution in [-0.2, 0) is 0 Å². The lowest BCUT2D eigenvalue weighted by molar-refractivity contribution is 0.487. The van der Waals surface area contributed by atoms with Crippen LogP contribution in [0.2, 0.25) is 0 Å². The zero-order valence-corrected chi connectivity index (χ0v) is 12.1. The molecule has 2 nitrogen and oxygen atoms in total. The minimum Gasteiger partial charge on any atom is -0.197 e. The van der Waals surface area contributed by atoms with E-state index in [1.807, 2.05) is 30.4 Å². The number of hydrogen-bond acceptors (Lipinski definition) is 2. The monoisotopic (exact) mass is 282 g/mol. The van der Waals surface area contributed by atoms with Crippen molar-refractivity contribution in [1.82, 2.24) is 0 Å². The lowest BCUT2D eigenvalue weighted by Crippen LogP contribution is -2.30. The molecule has 1 unspecified atom stereocenters. The summed E-state index contributed by atoms with van der Waals surface area (Å²) < 4.78 is 0. The molecular weight excluding hydrogens is 268 g/mol. The van der Waals surface area contributed by atoms with Crippen LogP contribution in [0.25, 0.3) is 0 Å². The Morgan fingerprint density at radius 2 is 1.91 bits per heavy atom. The van der Waals surface area contributed by atoms with Crippen molar-refractivity contribution in [2.45, 2.75) is 18.8 Å². The standard InChI is InChI=1S/C20H14N2/c21-12-17-10-9-15-7-4-8-16-11-18(14-5-2-1-3-6-14)20(17,13-22)19(15)16/h1-7,9-10,18H,8,11H2/t18?,20-/m1/s1. The summed E-state index contributed by atoms with van der Waals surface area (Å²) in [5.74, 6) is 0.0261. The van der Waals surface area contributed by atoms with Crippen LogP contribution < -0.4 is 0 Å². The first-order valence-electron chi connectivity index (χ1n) is 7.49. The maximum Gasteiger partial charge on any atom is 0.125 e. The molecule has 0 bridgehead atoms. The van der Waals surface area contributed by atoms with Crippen LogP contribution in [0.1, 0.15) is 24.3 Å².